The van der Waals surface area contributed by atoms with E-state index >= 15 is 0 Å². The average molecular weight is 224 g/mol. The van der Waals surface area contributed by atoms with Gasteiger partial charge in [-0.2, -0.15) is 0 Å². The van der Waals surface area contributed by atoms with Crippen molar-refractivity contribution in [2.24, 2.45) is 0 Å². The smallest absolute Gasteiger partial charge is 0.231 e. The van der Waals surface area contributed by atoms with Crippen LogP contribution in [0.4, 0.5) is 0 Å². The third kappa shape index (κ3) is 1.93. The van der Waals surface area contributed by atoms with Gasteiger partial charge in [0.15, 0.2) is 0 Å². The first kappa shape index (κ1) is 11.4. The Labute approximate surface area is 95.1 Å². The summed E-state index contributed by atoms with van der Waals surface area (Å²) in [6, 6.07) is 0. The second kappa shape index (κ2) is 4.40. The summed E-state index contributed by atoms with van der Waals surface area (Å²) >= 11 is 0. The molecule has 0 spiro atoms. The number of hydrogen-bond acceptors (Lipinski definition) is 2. The molecular formula is C12H24N2Si. The molecule has 2 fully saturated rings. The van der Waals surface area contributed by atoms with E-state index in [0.717, 1.165) is 0 Å². The molecule has 0 amide bonds. The first-order chi connectivity index (χ1) is 7.15. The lowest BCUT2D eigenvalue weighted by Gasteiger charge is -2.44. The van der Waals surface area contributed by atoms with Gasteiger partial charge in [0.2, 0.25) is 8.40 Å². The molecule has 0 N–H and O–H groups in total. The van der Waals surface area contributed by atoms with Crippen LogP contribution < -0.4 is 0 Å². The highest BCUT2D eigenvalue weighted by atomic mass is 28.3. The van der Waals surface area contributed by atoms with Crippen LogP contribution in [0, 0.1) is 0 Å². The van der Waals surface area contributed by atoms with E-state index in [4.69, 9.17) is 0 Å². The number of rotatable bonds is 3. The van der Waals surface area contributed by atoms with Crippen molar-refractivity contribution in [2.75, 3.05) is 26.2 Å². The maximum absolute atomic E-state index is 4.29. The maximum atomic E-state index is 4.29. The van der Waals surface area contributed by atoms with Gasteiger partial charge in [-0.3, -0.25) is 0 Å². The van der Waals surface area contributed by atoms with Crippen LogP contribution in [0.1, 0.15) is 32.6 Å². The molecule has 0 unspecified atom stereocenters. The molecule has 0 radical (unpaired) electrons. The molecule has 0 aromatic rings. The van der Waals surface area contributed by atoms with Crippen molar-refractivity contribution >= 4 is 8.40 Å². The Balaban J connectivity index is 2.17. The van der Waals surface area contributed by atoms with Crippen molar-refractivity contribution in [1.82, 2.24) is 9.13 Å². The van der Waals surface area contributed by atoms with E-state index in [0.29, 0.717) is 0 Å². The van der Waals surface area contributed by atoms with Gasteiger partial charge in [-0.25, -0.2) is 0 Å². The first-order valence-electron chi connectivity index (χ1n) is 6.32. The lowest BCUT2D eigenvalue weighted by atomic mass is 10.4. The third-order valence-corrected chi connectivity index (χ3v) is 9.23. The van der Waals surface area contributed by atoms with Gasteiger partial charge >= 0.3 is 0 Å². The average Bonchev–Trinajstić information content (AvgIpc) is 2.89. The molecule has 2 aliphatic heterocycles. The van der Waals surface area contributed by atoms with Gasteiger partial charge < -0.3 is 9.13 Å². The van der Waals surface area contributed by atoms with Crippen LogP contribution in [0.3, 0.4) is 0 Å². The van der Waals surface area contributed by atoms with Gasteiger partial charge in [0.1, 0.15) is 0 Å². The zero-order valence-corrected chi connectivity index (χ0v) is 11.3. The summed E-state index contributed by atoms with van der Waals surface area (Å²) in [7, 11) is -1.49. The summed E-state index contributed by atoms with van der Waals surface area (Å²) in [5.41, 5.74) is 0. The summed E-state index contributed by atoms with van der Waals surface area (Å²) in [4.78, 5) is 0. The largest absolute Gasteiger partial charge is 0.308 e. The van der Waals surface area contributed by atoms with Crippen LogP contribution in [-0.2, 0) is 0 Å². The van der Waals surface area contributed by atoms with E-state index in [-0.39, 0.29) is 0 Å². The molecule has 0 atom stereocenters. The molecule has 3 heteroatoms. The van der Waals surface area contributed by atoms with Gasteiger partial charge in [-0.15, -0.1) is 6.58 Å². The zero-order valence-electron chi connectivity index (χ0n) is 10.3. The standard InChI is InChI=1S/C12H24N2Si/c1-12(2)15(3,13-8-4-5-9-13)14-10-6-7-11-14/h1,4-11H2,2-3H3. The van der Waals surface area contributed by atoms with Crippen LogP contribution in [-0.4, -0.2) is 43.7 Å². The van der Waals surface area contributed by atoms with Gasteiger partial charge in [0.25, 0.3) is 0 Å². The van der Waals surface area contributed by atoms with Crippen molar-refractivity contribution in [2.45, 2.75) is 39.2 Å². The number of nitrogens with zero attached hydrogens (tertiary/aromatic N) is 2. The minimum absolute atomic E-state index is 1.31. The van der Waals surface area contributed by atoms with Crippen molar-refractivity contribution in [1.29, 1.82) is 0 Å². The molecule has 2 saturated heterocycles. The van der Waals surface area contributed by atoms with Gasteiger partial charge in [-0.1, -0.05) is 5.20 Å². The van der Waals surface area contributed by atoms with E-state index in [1.807, 2.05) is 0 Å². The second-order valence-corrected chi connectivity index (χ2v) is 9.35. The highest BCUT2D eigenvalue weighted by Crippen LogP contribution is 2.29. The summed E-state index contributed by atoms with van der Waals surface area (Å²) in [6.45, 7) is 14.3. The molecule has 2 heterocycles. The number of allylic oxidation sites excluding steroid dienone is 1. The summed E-state index contributed by atoms with van der Waals surface area (Å²) in [5.74, 6) is 0. The molecule has 86 valence electrons. The van der Waals surface area contributed by atoms with Crippen molar-refractivity contribution in [3.63, 3.8) is 0 Å². The highest BCUT2D eigenvalue weighted by molar-refractivity contribution is 6.80. The molecule has 0 saturated carbocycles. The van der Waals surface area contributed by atoms with Gasteiger partial charge in [-0.05, 0) is 65.3 Å². The molecule has 2 nitrogen and oxygen atoms in total. The van der Waals surface area contributed by atoms with E-state index in [1.165, 1.54) is 57.1 Å². The minimum Gasteiger partial charge on any atom is -0.308 e. The second-order valence-electron chi connectivity index (χ2n) is 5.19. The summed E-state index contributed by atoms with van der Waals surface area (Å²) in [5, 5.41) is 1.45. The Bertz CT molecular complexity index is 224. The molecule has 0 aliphatic carbocycles. The lowest BCUT2D eigenvalue weighted by molar-refractivity contribution is 0.408. The molecule has 2 rings (SSSR count). The molecule has 0 aromatic heterocycles. The van der Waals surface area contributed by atoms with Crippen LogP contribution in [0.25, 0.3) is 0 Å². The Morgan fingerprint density at radius 1 is 0.933 bits per heavy atom. The fourth-order valence-electron chi connectivity index (χ4n) is 3.04. The Hall–Kier alpha value is -0.123. The molecular weight excluding hydrogens is 200 g/mol. The van der Waals surface area contributed by atoms with E-state index in [2.05, 4.69) is 29.2 Å². The minimum atomic E-state index is -1.49. The van der Waals surface area contributed by atoms with Crippen LogP contribution in [0.15, 0.2) is 11.8 Å². The first-order valence-corrected chi connectivity index (χ1v) is 8.71. The fourth-order valence-corrected chi connectivity index (χ4v) is 6.90. The zero-order chi connectivity index (χ0) is 10.9. The fraction of sp³-hybridized carbons (Fsp3) is 0.833. The Kier molecular flexibility index (Phi) is 3.33. The van der Waals surface area contributed by atoms with Gasteiger partial charge in [0, 0.05) is 0 Å². The van der Waals surface area contributed by atoms with Crippen LogP contribution in [0.2, 0.25) is 6.55 Å². The summed E-state index contributed by atoms with van der Waals surface area (Å²) in [6.07, 6.45) is 5.57. The predicted molar refractivity (Wildman–Crippen MR) is 68.0 cm³/mol. The Morgan fingerprint density at radius 2 is 1.27 bits per heavy atom. The van der Waals surface area contributed by atoms with Crippen molar-refractivity contribution in [3.8, 4) is 0 Å². The van der Waals surface area contributed by atoms with Gasteiger partial charge in [0.05, 0.1) is 0 Å². The maximum Gasteiger partial charge on any atom is 0.231 e. The quantitative estimate of drug-likeness (QED) is 0.679. The SMILES string of the molecule is C=C(C)[Si](C)(N1CCCC1)N1CCCC1. The summed E-state index contributed by atoms with van der Waals surface area (Å²) < 4.78 is 5.53. The lowest BCUT2D eigenvalue weighted by Crippen LogP contribution is -2.63. The number of hydrogen-bond donors (Lipinski definition) is 0. The van der Waals surface area contributed by atoms with Crippen LogP contribution in [0.5, 0.6) is 0 Å². The molecule has 0 bridgehead atoms. The Morgan fingerprint density at radius 3 is 1.53 bits per heavy atom. The molecule has 2 aliphatic rings. The predicted octanol–water partition coefficient (Wildman–Crippen LogP) is 2.37. The normalized spacial score (nSPS) is 24.9. The van der Waals surface area contributed by atoms with Crippen molar-refractivity contribution < 1.29 is 0 Å². The van der Waals surface area contributed by atoms with Crippen LogP contribution >= 0.6 is 0 Å². The molecule has 0 aromatic carbocycles. The third-order valence-electron chi connectivity index (χ3n) is 4.25. The highest BCUT2D eigenvalue weighted by Gasteiger charge is 2.43. The van der Waals surface area contributed by atoms with E-state index in [1.54, 1.807) is 0 Å². The van der Waals surface area contributed by atoms with E-state index in [9.17, 15) is 0 Å². The topological polar surface area (TPSA) is 6.48 Å². The molecule has 15 heavy (non-hydrogen) atoms. The van der Waals surface area contributed by atoms with Crippen molar-refractivity contribution in [3.05, 3.63) is 11.8 Å². The monoisotopic (exact) mass is 224 g/mol. The van der Waals surface area contributed by atoms with E-state index < -0.39 is 8.40 Å².